The third-order valence-corrected chi connectivity index (χ3v) is 5.64. The summed E-state index contributed by atoms with van der Waals surface area (Å²) in [6, 6.07) is 6.65. The molecule has 0 bridgehead atoms. The quantitative estimate of drug-likeness (QED) is 0.624. The zero-order valence-corrected chi connectivity index (χ0v) is 16.6. The van der Waals surface area contributed by atoms with E-state index in [0.29, 0.717) is 12.6 Å². The van der Waals surface area contributed by atoms with Crippen molar-refractivity contribution in [2.75, 3.05) is 25.0 Å². The van der Waals surface area contributed by atoms with Crippen LogP contribution in [0.4, 0.5) is 5.82 Å². The third kappa shape index (κ3) is 4.94. The van der Waals surface area contributed by atoms with E-state index in [-0.39, 0.29) is 0 Å². The largest absolute Gasteiger partial charge is 0.356 e. The Balaban J connectivity index is 1.46. The lowest BCUT2D eigenvalue weighted by Gasteiger charge is -2.34. The molecule has 0 atom stereocenters. The molecule has 0 aromatic carbocycles. The number of guanidine groups is 1. The fraction of sp³-hybridized carbons (Fsp3) is 0.526. The van der Waals surface area contributed by atoms with Crippen molar-refractivity contribution in [3.05, 3.63) is 40.0 Å². The topological polar surface area (TPSA) is 65.4 Å². The molecule has 2 N–H and O–H groups in total. The fourth-order valence-corrected chi connectivity index (χ4v) is 3.86. The maximum atomic E-state index is 4.63. The van der Waals surface area contributed by atoms with Crippen molar-refractivity contribution < 1.29 is 0 Å². The number of hydrogen-bond acceptors (Lipinski definition) is 5. The van der Waals surface area contributed by atoms with Crippen LogP contribution < -0.4 is 15.5 Å². The molecule has 7 heteroatoms. The molecule has 1 fully saturated rings. The van der Waals surface area contributed by atoms with Crippen molar-refractivity contribution in [1.29, 1.82) is 0 Å². The molecule has 2 aromatic heterocycles. The summed E-state index contributed by atoms with van der Waals surface area (Å²) < 4.78 is 0. The van der Waals surface area contributed by atoms with E-state index in [1.807, 2.05) is 20.0 Å². The van der Waals surface area contributed by atoms with Gasteiger partial charge >= 0.3 is 0 Å². The normalized spacial score (nSPS) is 16.0. The van der Waals surface area contributed by atoms with Crippen LogP contribution in [0.3, 0.4) is 0 Å². The molecule has 0 unspecified atom stereocenters. The average molecular weight is 373 g/mol. The van der Waals surface area contributed by atoms with Crippen molar-refractivity contribution in [3.63, 3.8) is 0 Å². The van der Waals surface area contributed by atoms with E-state index in [4.69, 9.17) is 0 Å². The zero-order chi connectivity index (χ0) is 18.4. The van der Waals surface area contributed by atoms with Crippen LogP contribution in [-0.2, 0) is 13.0 Å². The van der Waals surface area contributed by atoms with Gasteiger partial charge in [-0.3, -0.25) is 4.99 Å². The highest BCUT2D eigenvalue weighted by Gasteiger charge is 2.21. The van der Waals surface area contributed by atoms with Gasteiger partial charge in [-0.25, -0.2) is 9.97 Å². The fourth-order valence-electron chi connectivity index (χ4n) is 3.11. The Morgan fingerprint density at radius 1 is 1.31 bits per heavy atom. The average Bonchev–Trinajstić information content (AvgIpc) is 3.14. The molecule has 6 nitrogen and oxygen atoms in total. The van der Waals surface area contributed by atoms with Crippen molar-refractivity contribution in [2.45, 2.75) is 45.7 Å². The van der Waals surface area contributed by atoms with Gasteiger partial charge in [0.05, 0.1) is 17.2 Å². The molecule has 0 saturated carbocycles. The molecular formula is C19H28N6S. The van der Waals surface area contributed by atoms with Crippen LogP contribution in [0.1, 0.15) is 36.2 Å². The molecule has 1 saturated heterocycles. The van der Waals surface area contributed by atoms with Crippen molar-refractivity contribution in [3.8, 4) is 0 Å². The number of nitrogens with one attached hydrogen (secondary N) is 2. The molecule has 1 aliphatic rings. The first kappa shape index (κ1) is 18.6. The lowest BCUT2D eigenvalue weighted by molar-refractivity contribution is 0.459. The van der Waals surface area contributed by atoms with Gasteiger partial charge in [-0.1, -0.05) is 13.0 Å². The number of nitrogens with zero attached hydrogens (tertiary/aromatic N) is 4. The van der Waals surface area contributed by atoms with E-state index >= 15 is 0 Å². The van der Waals surface area contributed by atoms with Gasteiger partial charge in [0.25, 0.3) is 0 Å². The number of aliphatic imine (C=N–C) groups is 1. The number of aryl methyl sites for hydroxylation is 2. The van der Waals surface area contributed by atoms with Crippen LogP contribution in [0.25, 0.3) is 0 Å². The Bertz CT molecular complexity index is 733. The summed E-state index contributed by atoms with van der Waals surface area (Å²) in [5.41, 5.74) is 2.15. The van der Waals surface area contributed by atoms with Crippen LogP contribution in [0, 0.1) is 6.92 Å². The predicted molar refractivity (Wildman–Crippen MR) is 109 cm³/mol. The molecule has 1 aliphatic heterocycles. The van der Waals surface area contributed by atoms with E-state index in [1.165, 1.54) is 5.01 Å². The van der Waals surface area contributed by atoms with E-state index in [9.17, 15) is 0 Å². The van der Waals surface area contributed by atoms with Crippen molar-refractivity contribution in [1.82, 2.24) is 20.6 Å². The number of hydrogen-bond donors (Lipinski definition) is 2. The summed E-state index contributed by atoms with van der Waals surface area (Å²) in [5.74, 6) is 1.93. The minimum Gasteiger partial charge on any atom is -0.356 e. The van der Waals surface area contributed by atoms with Gasteiger partial charge < -0.3 is 15.5 Å². The van der Waals surface area contributed by atoms with Crippen molar-refractivity contribution >= 4 is 23.1 Å². The number of piperidine rings is 1. The summed E-state index contributed by atoms with van der Waals surface area (Å²) in [7, 11) is 1.82. The third-order valence-electron chi connectivity index (χ3n) is 4.60. The lowest BCUT2D eigenvalue weighted by atomic mass is 10.1. The second kappa shape index (κ2) is 8.98. The van der Waals surface area contributed by atoms with Gasteiger partial charge in [-0.2, -0.15) is 0 Å². The highest BCUT2D eigenvalue weighted by atomic mass is 32.1. The Morgan fingerprint density at radius 2 is 2.12 bits per heavy atom. The Morgan fingerprint density at radius 3 is 2.77 bits per heavy atom. The molecule has 3 heterocycles. The second-order valence-electron chi connectivity index (χ2n) is 6.55. The first-order valence-electron chi connectivity index (χ1n) is 9.27. The predicted octanol–water partition coefficient (Wildman–Crippen LogP) is 2.74. The molecule has 2 aromatic rings. The summed E-state index contributed by atoms with van der Waals surface area (Å²) in [6.45, 7) is 6.91. The van der Waals surface area contributed by atoms with E-state index < -0.39 is 0 Å². The highest BCUT2D eigenvalue weighted by molar-refractivity contribution is 7.09. The van der Waals surface area contributed by atoms with Crippen molar-refractivity contribution in [2.24, 2.45) is 4.99 Å². The van der Waals surface area contributed by atoms with Gasteiger partial charge in [0, 0.05) is 37.3 Å². The van der Waals surface area contributed by atoms with Gasteiger partial charge in [-0.15, -0.1) is 11.3 Å². The molecular weight excluding hydrogens is 344 g/mol. The SMILES string of the molecule is CCc1nc(CNC(=NC)NC2CCN(c3cccc(C)n3)CC2)cs1. The van der Waals surface area contributed by atoms with E-state index in [2.05, 4.69) is 54.9 Å². The number of anilines is 1. The Hall–Kier alpha value is -2.15. The maximum absolute atomic E-state index is 4.63. The van der Waals surface area contributed by atoms with Gasteiger partial charge in [-0.05, 0) is 38.3 Å². The summed E-state index contributed by atoms with van der Waals surface area (Å²) in [6.07, 6.45) is 3.14. The summed E-state index contributed by atoms with van der Waals surface area (Å²) in [5, 5.41) is 10.2. The lowest BCUT2D eigenvalue weighted by Crippen LogP contribution is -2.48. The number of aromatic nitrogens is 2. The molecule has 0 amide bonds. The minimum atomic E-state index is 0.434. The second-order valence-corrected chi connectivity index (χ2v) is 7.50. The Labute approximate surface area is 159 Å². The summed E-state index contributed by atoms with van der Waals surface area (Å²) in [4.78, 5) is 15.9. The first-order valence-corrected chi connectivity index (χ1v) is 10.1. The molecule has 3 rings (SSSR count). The molecule has 0 spiro atoms. The number of pyridine rings is 1. The zero-order valence-electron chi connectivity index (χ0n) is 15.8. The summed E-state index contributed by atoms with van der Waals surface area (Å²) >= 11 is 1.72. The highest BCUT2D eigenvalue weighted by Crippen LogP contribution is 2.18. The van der Waals surface area contributed by atoms with Crippen LogP contribution >= 0.6 is 11.3 Å². The van der Waals surface area contributed by atoms with E-state index in [0.717, 1.165) is 55.5 Å². The maximum Gasteiger partial charge on any atom is 0.191 e. The molecule has 140 valence electrons. The molecule has 0 radical (unpaired) electrons. The monoisotopic (exact) mass is 372 g/mol. The first-order chi connectivity index (χ1) is 12.7. The smallest absolute Gasteiger partial charge is 0.191 e. The van der Waals surface area contributed by atoms with Crippen LogP contribution in [0.5, 0.6) is 0 Å². The standard InChI is InChI=1S/C19H28N6S/c1-4-18-23-16(13-26-18)12-21-19(20-3)24-15-8-10-25(11-9-15)17-7-5-6-14(2)22-17/h5-7,13,15H,4,8-12H2,1-3H3,(H2,20,21,24). The Kier molecular flexibility index (Phi) is 6.44. The number of thiazole rings is 1. The van der Waals surface area contributed by atoms with E-state index in [1.54, 1.807) is 11.3 Å². The minimum absolute atomic E-state index is 0.434. The molecule has 26 heavy (non-hydrogen) atoms. The van der Waals surface area contributed by atoms with Crippen LogP contribution in [0.15, 0.2) is 28.6 Å². The van der Waals surface area contributed by atoms with Crippen LogP contribution in [0.2, 0.25) is 0 Å². The molecule has 0 aliphatic carbocycles. The van der Waals surface area contributed by atoms with Crippen LogP contribution in [-0.4, -0.2) is 42.1 Å². The van der Waals surface area contributed by atoms with Gasteiger partial charge in [0.2, 0.25) is 0 Å². The number of rotatable bonds is 5. The van der Waals surface area contributed by atoms with Gasteiger partial charge in [0.1, 0.15) is 5.82 Å². The van der Waals surface area contributed by atoms with Gasteiger partial charge in [0.15, 0.2) is 5.96 Å².